The zero-order chi connectivity index (χ0) is 13.2. The van der Waals surface area contributed by atoms with Gasteiger partial charge in [-0.05, 0) is 40.0 Å². The minimum absolute atomic E-state index is 0.0359. The van der Waals surface area contributed by atoms with E-state index in [1.165, 1.54) is 0 Å². The highest BCUT2D eigenvalue weighted by Gasteiger charge is 2.32. The highest BCUT2D eigenvalue weighted by molar-refractivity contribution is 5.79. The first-order valence-electron chi connectivity index (χ1n) is 6.17. The Hall–Kier alpha value is -1.06. The molecule has 4 nitrogen and oxygen atoms in total. The maximum atomic E-state index is 11.9. The third-order valence-corrected chi connectivity index (χ3v) is 2.89. The van der Waals surface area contributed by atoms with Gasteiger partial charge in [0.1, 0.15) is 11.4 Å². The summed E-state index contributed by atoms with van der Waals surface area (Å²) in [5.41, 5.74) is -0.483. The Morgan fingerprint density at radius 1 is 1.24 bits per heavy atom. The van der Waals surface area contributed by atoms with Crippen molar-refractivity contribution in [2.75, 3.05) is 13.1 Å². The van der Waals surface area contributed by atoms with Crippen LogP contribution in [0.1, 0.15) is 41.0 Å². The van der Waals surface area contributed by atoms with Crippen LogP contribution in [0.2, 0.25) is 0 Å². The fourth-order valence-corrected chi connectivity index (χ4v) is 2.12. The van der Waals surface area contributed by atoms with Gasteiger partial charge in [-0.1, -0.05) is 6.92 Å². The van der Waals surface area contributed by atoms with Gasteiger partial charge in [0, 0.05) is 19.0 Å². The molecule has 1 aliphatic heterocycles. The number of amides is 1. The molecule has 1 amide bonds. The zero-order valence-corrected chi connectivity index (χ0v) is 11.4. The lowest BCUT2D eigenvalue weighted by atomic mass is 9.88. The summed E-state index contributed by atoms with van der Waals surface area (Å²) in [5.74, 6) is 0.474. The molecule has 2 atom stereocenters. The van der Waals surface area contributed by atoms with E-state index in [-0.39, 0.29) is 17.8 Å². The zero-order valence-electron chi connectivity index (χ0n) is 11.4. The van der Waals surface area contributed by atoms with Crippen LogP contribution in [0.5, 0.6) is 0 Å². The third-order valence-electron chi connectivity index (χ3n) is 2.89. The molecule has 1 heterocycles. The van der Waals surface area contributed by atoms with E-state index in [1.54, 1.807) is 11.8 Å². The number of likely N-dealkylation sites (tertiary alicyclic amines) is 1. The molecule has 1 rings (SSSR count). The van der Waals surface area contributed by atoms with E-state index in [4.69, 9.17) is 4.74 Å². The van der Waals surface area contributed by atoms with Crippen LogP contribution in [-0.2, 0) is 9.53 Å². The molecule has 0 bridgehead atoms. The Morgan fingerprint density at radius 3 is 2.29 bits per heavy atom. The molecule has 98 valence electrons. The molecular formula is C13H23NO3. The van der Waals surface area contributed by atoms with Crippen LogP contribution in [0.3, 0.4) is 0 Å². The van der Waals surface area contributed by atoms with E-state index in [0.717, 1.165) is 6.42 Å². The summed E-state index contributed by atoms with van der Waals surface area (Å²) in [4.78, 5) is 25.0. The van der Waals surface area contributed by atoms with E-state index in [1.807, 2.05) is 20.8 Å². The lowest BCUT2D eigenvalue weighted by molar-refractivity contribution is -0.122. The molecule has 0 N–H and O–H groups in total. The summed E-state index contributed by atoms with van der Waals surface area (Å²) in [6.45, 7) is 10.4. The van der Waals surface area contributed by atoms with Crippen LogP contribution < -0.4 is 0 Å². The number of hydrogen-bond donors (Lipinski definition) is 0. The molecule has 2 unspecified atom stereocenters. The highest BCUT2D eigenvalue weighted by Crippen LogP contribution is 2.23. The van der Waals surface area contributed by atoms with Crippen LogP contribution in [0.4, 0.5) is 4.79 Å². The minimum atomic E-state index is -0.483. The first kappa shape index (κ1) is 14.0. The molecule has 4 heteroatoms. The molecule has 17 heavy (non-hydrogen) atoms. The fourth-order valence-electron chi connectivity index (χ4n) is 2.12. The number of ketones is 1. The van der Waals surface area contributed by atoms with Gasteiger partial charge in [-0.2, -0.15) is 0 Å². The first-order valence-corrected chi connectivity index (χ1v) is 6.17. The second-order valence-corrected chi connectivity index (χ2v) is 6.03. The monoisotopic (exact) mass is 241 g/mol. The average Bonchev–Trinajstić information content (AvgIpc) is 2.13. The third kappa shape index (κ3) is 4.36. The number of rotatable bonds is 1. The standard InChI is InChI=1S/C13H23NO3/c1-9-6-11(10(2)15)8-14(7-9)12(16)17-13(3,4)5/h9,11H,6-8H2,1-5H3. The van der Waals surface area contributed by atoms with Gasteiger partial charge in [-0.3, -0.25) is 4.79 Å². The number of carbonyl (C=O) groups excluding carboxylic acids is 2. The molecule has 0 saturated carbocycles. The molecule has 1 fully saturated rings. The molecule has 1 aliphatic rings. The molecule has 0 aromatic carbocycles. The van der Waals surface area contributed by atoms with E-state index in [0.29, 0.717) is 19.0 Å². The summed E-state index contributed by atoms with van der Waals surface area (Å²) in [7, 11) is 0. The Labute approximate surface area is 103 Å². The van der Waals surface area contributed by atoms with Gasteiger partial charge >= 0.3 is 6.09 Å². The van der Waals surface area contributed by atoms with Crippen molar-refractivity contribution in [3.8, 4) is 0 Å². The molecule has 0 spiro atoms. The van der Waals surface area contributed by atoms with Crippen molar-refractivity contribution in [3.63, 3.8) is 0 Å². The van der Waals surface area contributed by atoms with Crippen LogP contribution in [0.15, 0.2) is 0 Å². The predicted octanol–water partition coefficient (Wildman–Crippen LogP) is 2.47. The SMILES string of the molecule is CC(=O)C1CC(C)CN(C(=O)OC(C)(C)C)C1. The van der Waals surface area contributed by atoms with Gasteiger partial charge in [-0.15, -0.1) is 0 Å². The summed E-state index contributed by atoms with van der Waals surface area (Å²) >= 11 is 0. The normalized spacial score (nSPS) is 25.6. The maximum absolute atomic E-state index is 11.9. The molecule has 0 radical (unpaired) electrons. The maximum Gasteiger partial charge on any atom is 0.410 e. The molecule has 0 aliphatic carbocycles. The van der Waals surface area contributed by atoms with Gasteiger partial charge in [-0.25, -0.2) is 4.79 Å². The average molecular weight is 241 g/mol. The van der Waals surface area contributed by atoms with E-state index < -0.39 is 5.60 Å². The van der Waals surface area contributed by atoms with E-state index >= 15 is 0 Å². The van der Waals surface area contributed by atoms with Gasteiger partial charge in [0.15, 0.2) is 0 Å². The van der Waals surface area contributed by atoms with Crippen molar-refractivity contribution in [2.45, 2.75) is 46.6 Å². The lowest BCUT2D eigenvalue weighted by Crippen LogP contribution is -2.47. The highest BCUT2D eigenvalue weighted by atomic mass is 16.6. The Kier molecular flexibility index (Phi) is 4.17. The number of Topliss-reactive ketones (excluding diaryl/α,β-unsaturated/α-hetero) is 1. The van der Waals surface area contributed by atoms with E-state index in [9.17, 15) is 9.59 Å². The number of ether oxygens (including phenoxy) is 1. The number of piperidine rings is 1. The Balaban J connectivity index is 2.64. The smallest absolute Gasteiger partial charge is 0.410 e. The van der Waals surface area contributed by atoms with Crippen molar-refractivity contribution in [1.82, 2.24) is 4.90 Å². The summed E-state index contributed by atoms with van der Waals surface area (Å²) in [6.07, 6.45) is 0.560. The van der Waals surface area contributed by atoms with Gasteiger partial charge in [0.2, 0.25) is 0 Å². The Bertz CT molecular complexity index is 306. The quantitative estimate of drug-likeness (QED) is 0.708. The fraction of sp³-hybridized carbons (Fsp3) is 0.846. The second-order valence-electron chi connectivity index (χ2n) is 6.03. The summed E-state index contributed by atoms with van der Waals surface area (Å²) < 4.78 is 5.33. The van der Waals surface area contributed by atoms with Crippen molar-refractivity contribution in [2.24, 2.45) is 11.8 Å². The number of carbonyl (C=O) groups is 2. The van der Waals surface area contributed by atoms with Crippen molar-refractivity contribution < 1.29 is 14.3 Å². The second kappa shape index (κ2) is 5.07. The Morgan fingerprint density at radius 2 is 1.82 bits per heavy atom. The van der Waals surface area contributed by atoms with Crippen molar-refractivity contribution >= 4 is 11.9 Å². The van der Waals surface area contributed by atoms with Crippen LogP contribution in [0, 0.1) is 11.8 Å². The summed E-state index contributed by atoms with van der Waals surface area (Å²) in [6, 6.07) is 0. The van der Waals surface area contributed by atoms with Crippen LogP contribution in [-0.4, -0.2) is 35.5 Å². The van der Waals surface area contributed by atoms with Crippen LogP contribution in [0.25, 0.3) is 0 Å². The number of nitrogens with zero attached hydrogens (tertiary/aromatic N) is 1. The lowest BCUT2D eigenvalue weighted by Gasteiger charge is -2.36. The largest absolute Gasteiger partial charge is 0.444 e. The minimum Gasteiger partial charge on any atom is -0.444 e. The first-order chi connectivity index (χ1) is 7.69. The summed E-state index contributed by atoms with van der Waals surface area (Å²) in [5, 5.41) is 0. The molecule has 1 saturated heterocycles. The molecule has 0 aromatic rings. The predicted molar refractivity (Wildman–Crippen MR) is 65.8 cm³/mol. The van der Waals surface area contributed by atoms with Gasteiger partial charge < -0.3 is 9.64 Å². The van der Waals surface area contributed by atoms with Gasteiger partial charge in [0.25, 0.3) is 0 Å². The van der Waals surface area contributed by atoms with E-state index in [2.05, 4.69) is 6.92 Å². The van der Waals surface area contributed by atoms with Crippen LogP contribution >= 0.6 is 0 Å². The topological polar surface area (TPSA) is 46.6 Å². The van der Waals surface area contributed by atoms with Crippen molar-refractivity contribution in [3.05, 3.63) is 0 Å². The molecular weight excluding hydrogens is 218 g/mol. The van der Waals surface area contributed by atoms with Crippen molar-refractivity contribution in [1.29, 1.82) is 0 Å². The molecule has 0 aromatic heterocycles. The van der Waals surface area contributed by atoms with Gasteiger partial charge in [0.05, 0.1) is 0 Å². The number of hydrogen-bond acceptors (Lipinski definition) is 3.